The van der Waals surface area contributed by atoms with Crippen LogP contribution >= 0.6 is 0 Å². The second-order valence-corrected chi connectivity index (χ2v) is 7.32. The summed E-state index contributed by atoms with van der Waals surface area (Å²) in [6.45, 7) is 4.32. The number of hydrogen-bond acceptors (Lipinski definition) is 4. The Balaban J connectivity index is 2.42. The molecule has 1 rings (SSSR count). The van der Waals surface area contributed by atoms with E-state index in [4.69, 9.17) is 5.11 Å². The first-order valence-corrected chi connectivity index (χ1v) is 8.41. The Morgan fingerprint density at radius 3 is 2.63 bits per heavy atom. The van der Waals surface area contributed by atoms with Crippen LogP contribution in [0.1, 0.15) is 39.5 Å². The van der Waals surface area contributed by atoms with Gasteiger partial charge in [-0.1, -0.05) is 20.3 Å². The van der Waals surface area contributed by atoms with Crippen LogP contribution in [0.5, 0.6) is 0 Å². The third-order valence-corrected chi connectivity index (χ3v) is 4.73. The molecule has 0 aromatic rings. The summed E-state index contributed by atoms with van der Waals surface area (Å²) in [5, 5.41) is 12.0. The van der Waals surface area contributed by atoms with Crippen LogP contribution < -0.4 is 10.0 Å². The highest BCUT2D eigenvalue weighted by molar-refractivity contribution is 7.89. The van der Waals surface area contributed by atoms with Gasteiger partial charge >= 0.3 is 5.97 Å². The van der Waals surface area contributed by atoms with Crippen LogP contribution in [0.3, 0.4) is 0 Å². The number of carbonyl (C=O) groups is 1. The van der Waals surface area contributed by atoms with Crippen LogP contribution in [0.25, 0.3) is 0 Å². The molecule has 0 radical (unpaired) electrons. The van der Waals surface area contributed by atoms with Crippen LogP contribution in [0.15, 0.2) is 0 Å². The molecule has 112 valence electrons. The van der Waals surface area contributed by atoms with Crippen LogP contribution in [0.4, 0.5) is 0 Å². The van der Waals surface area contributed by atoms with Gasteiger partial charge in [-0.15, -0.1) is 0 Å². The molecule has 1 aliphatic carbocycles. The second kappa shape index (κ2) is 7.21. The topological polar surface area (TPSA) is 95.5 Å². The molecule has 0 bridgehead atoms. The lowest BCUT2D eigenvalue weighted by Crippen LogP contribution is -2.42. The molecule has 1 saturated carbocycles. The van der Waals surface area contributed by atoms with Crippen molar-refractivity contribution in [3.63, 3.8) is 0 Å². The number of hydrogen-bond donors (Lipinski definition) is 3. The predicted octanol–water partition coefficient (Wildman–Crippen LogP) is 0.547. The van der Waals surface area contributed by atoms with E-state index in [1.165, 1.54) is 0 Å². The van der Waals surface area contributed by atoms with Crippen molar-refractivity contribution in [1.82, 2.24) is 10.0 Å². The van der Waals surface area contributed by atoms with Crippen molar-refractivity contribution in [3.05, 3.63) is 0 Å². The minimum absolute atomic E-state index is 0.0272. The average molecular weight is 292 g/mol. The van der Waals surface area contributed by atoms with E-state index in [-0.39, 0.29) is 17.8 Å². The quantitative estimate of drug-likeness (QED) is 0.637. The largest absolute Gasteiger partial charge is 0.481 e. The van der Waals surface area contributed by atoms with Gasteiger partial charge in [0.05, 0.1) is 11.7 Å². The van der Waals surface area contributed by atoms with E-state index in [0.717, 1.165) is 12.8 Å². The van der Waals surface area contributed by atoms with Gasteiger partial charge in [-0.05, 0) is 19.3 Å². The number of sulfonamides is 1. The highest BCUT2D eigenvalue weighted by Crippen LogP contribution is 2.24. The van der Waals surface area contributed by atoms with Crippen LogP contribution in [0.2, 0.25) is 0 Å². The Morgan fingerprint density at radius 2 is 2.05 bits per heavy atom. The number of carboxylic acids is 1. The Morgan fingerprint density at radius 1 is 1.37 bits per heavy atom. The molecule has 2 unspecified atom stereocenters. The molecule has 2 atom stereocenters. The standard InChI is InChI=1S/C12H24N2O4S/c1-9(2)13-6-7-19(17,18)14-11-5-3-4-10(8-11)12(15)16/h9-11,13-14H,3-8H2,1-2H3,(H,15,16). The first-order valence-electron chi connectivity index (χ1n) is 6.76. The summed E-state index contributed by atoms with van der Waals surface area (Å²) in [4.78, 5) is 10.9. The summed E-state index contributed by atoms with van der Waals surface area (Å²) in [6.07, 6.45) is 2.52. The lowest BCUT2D eigenvalue weighted by Gasteiger charge is -2.27. The zero-order valence-corrected chi connectivity index (χ0v) is 12.4. The molecule has 0 spiro atoms. The van der Waals surface area contributed by atoms with Crippen molar-refractivity contribution in [2.45, 2.75) is 51.6 Å². The molecule has 1 aliphatic rings. The maximum absolute atomic E-state index is 11.9. The van der Waals surface area contributed by atoms with Crippen molar-refractivity contribution >= 4 is 16.0 Å². The van der Waals surface area contributed by atoms with Crippen LogP contribution in [-0.2, 0) is 14.8 Å². The minimum Gasteiger partial charge on any atom is -0.481 e. The van der Waals surface area contributed by atoms with Gasteiger partial charge in [-0.25, -0.2) is 13.1 Å². The summed E-state index contributed by atoms with van der Waals surface area (Å²) in [5.74, 6) is -1.22. The summed E-state index contributed by atoms with van der Waals surface area (Å²) < 4.78 is 26.3. The molecule has 0 saturated heterocycles. The molecular weight excluding hydrogens is 268 g/mol. The first-order chi connectivity index (χ1) is 8.80. The Labute approximate surface area is 115 Å². The van der Waals surface area contributed by atoms with Crippen molar-refractivity contribution in [3.8, 4) is 0 Å². The monoisotopic (exact) mass is 292 g/mol. The van der Waals surface area contributed by atoms with Gasteiger partial charge in [-0.2, -0.15) is 0 Å². The molecular formula is C12H24N2O4S. The molecule has 6 nitrogen and oxygen atoms in total. The van der Waals surface area contributed by atoms with Gasteiger partial charge in [0.1, 0.15) is 0 Å². The molecule has 19 heavy (non-hydrogen) atoms. The molecule has 7 heteroatoms. The summed E-state index contributed by atoms with van der Waals surface area (Å²) in [6, 6.07) is 0.0140. The normalized spacial score (nSPS) is 24.6. The second-order valence-electron chi connectivity index (χ2n) is 5.44. The fourth-order valence-corrected chi connectivity index (χ4v) is 3.54. The predicted molar refractivity (Wildman–Crippen MR) is 73.4 cm³/mol. The lowest BCUT2D eigenvalue weighted by atomic mass is 9.86. The van der Waals surface area contributed by atoms with Crippen LogP contribution in [0, 0.1) is 5.92 Å². The van der Waals surface area contributed by atoms with Gasteiger partial charge in [0.2, 0.25) is 10.0 Å². The summed E-state index contributed by atoms with van der Waals surface area (Å²) in [7, 11) is -3.33. The number of aliphatic carboxylic acids is 1. The molecule has 3 N–H and O–H groups in total. The van der Waals surface area contributed by atoms with E-state index in [1.807, 2.05) is 13.8 Å². The fourth-order valence-electron chi connectivity index (χ4n) is 2.32. The van der Waals surface area contributed by atoms with E-state index >= 15 is 0 Å². The average Bonchev–Trinajstić information content (AvgIpc) is 2.27. The van der Waals surface area contributed by atoms with Crippen molar-refractivity contribution in [2.75, 3.05) is 12.3 Å². The minimum atomic E-state index is -3.33. The molecule has 0 heterocycles. The Bertz CT molecular complexity index is 395. The molecule has 0 aromatic carbocycles. The van der Waals surface area contributed by atoms with E-state index in [1.54, 1.807) is 0 Å². The summed E-state index contributed by atoms with van der Waals surface area (Å²) in [5.41, 5.74) is 0. The van der Waals surface area contributed by atoms with Crippen molar-refractivity contribution in [1.29, 1.82) is 0 Å². The smallest absolute Gasteiger partial charge is 0.306 e. The SMILES string of the molecule is CC(C)NCCS(=O)(=O)NC1CCCC(C(=O)O)C1. The van der Waals surface area contributed by atoms with Gasteiger partial charge in [0.15, 0.2) is 0 Å². The maximum atomic E-state index is 11.9. The van der Waals surface area contributed by atoms with E-state index in [2.05, 4.69) is 10.0 Å². The van der Waals surface area contributed by atoms with Crippen molar-refractivity contribution in [2.24, 2.45) is 5.92 Å². The van der Waals surface area contributed by atoms with Gasteiger partial charge in [-0.3, -0.25) is 4.79 Å². The third kappa shape index (κ3) is 6.35. The first kappa shape index (κ1) is 16.4. The molecule has 0 aliphatic heterocycles. The summed E-state index contributed by atoms with van der Waals surface area (Å²) >= 11 is 0. The molecule has 1 fully saturated rings. The fraction of sp³-hybridized carbons (Fsp3) is 0.917. The molecule has 0 aromatic heterocycles. The van der Waals surface area contributed by atoms with Crippen LogP contribution in [-0.4, -0.2) is 43.9 Å². The number of carboxylic acid groups (broad SMARTS) is 1. The van der Waals surface area contributed by atoms with Gasteiger partial charge in [0.25, 0.3) is 0 Å². The highest BCUT2D eigenvalue weighted by atomic mass is 32.2. The van der Waals surface area contributed by atoms with Gasteiger partial charge in [0, 0.05) is 18.6 Å². The highest BCUT2D eigenvalue weighted by Gasteiger charge is 2.29. The zero-order chi connectivity index (χ0) is 14.5. The maximum Gasteiger partial charge on any atom is 0.306 e. The van der Waals surface area contributed by atoms with E-state index < -0.39 is 21.9 Å². The number of nitrogens with one attached hydrogen (secondary N) is 2. The number of rotatable bonds is 7. The van der Waals surface area contributed by atoms with Crippen molar-refractivity contribution < 1.29 is 18.3 Å². The Kier molecular flexibility index (Phi) is 6.22. The molecule has 0 amide bonds. The third-order valence-electron chi connectivity index (χ3n) is 3.29. The zero-order valence-electron chi connectivity index (χ0n) is 11.6. The van der Waals surface area contributed by atoms with E-state index in [0.29, 0.717) is 19.4 Å². The Hall–Kier alpha value is -0.660. The van der Waals surface area contributed by atoms with Gasteiger partial charge < -0.3 is 10.4 Å². The lowest BCUT2D eigenvalue weighted by molar-refractivity contribution is -0.143. The van der Waals surface area contributed by atoms with E-state index in [9.17, 15) is 13.2 Å².